The zero-order valence-electron chi connectivity index (χ0n) is 17.0. The maximum atomic E-state index is 13.8. The van der Waals surface area contributed by atoms with E-state index in [4.69, 9.17) is 0 Å². The minimum atomic E-state index is -4.60. The Labute approximate surface area is 172 Å². The van der Waals surface area contributed by atoms with Crippen LogP contribution in [0, 0.1) is 0 Å². The van der Waals surface area contributed by atoms with Gasteiger partial charge in [0.2, 0.25) is 5.91 Å². The summed E-state index contributed by atoms with van der Waals surface area (Å²) in [5.41, 5.74) is 2.17. The normalized spacial score (nSPS) is 12.6. The summed E-state index contributed by atoms with van der Waals surface area (Å²) in [5.74, 6) is -2.80. The van der Waals surface area contributed by atoms with E-state index in [-0.39, 0.29) is 12.4 Å². The van der Waals surface area contributed by atoms with Gasteiger partial charge in [0.1, 0.15) is 11.7 Å². The third kappa shape index (κ3) is 4.84. The van der Waals surface area contributed by atoms with Gasteiger partial charge in [-0.3, -0.25) is 4.79 Å². The van der Waals surface area contributed by atoms with Crippen molar-refractivity contribution in [2.24, 2.45) is 7.05 Å². The van der Waals surface area contributed by atoms with E-state index in [9.17, 15) is 18.0 Å². The molecule has 3 rings (SSSR count). The van der Waals surface area contributed by atoms with Crippen LogP contribution in [-0.2, 0) is 18.4 Å². The molecular weight excluding hydrogens is 395 g/mol. The highest BCUT2D eigenvalue weighted by molar-refractivity contribution is 5.94. The predicted octanol–water partition coefficient (Wildman–Crippen LogP) is 4.08. The number of imidazole rings is 1. The molecule has 0 spiro atoms. The molecule has 0 bridgehead atoms. The molecule has 0 fully saturated rings. The summed E-state index contributed by atoms with van der Waals surface area (Å²) in [7, 11) is 5.26. The van der Waals surface area contributed by atoms with Gasteiger partial charge in [0.05, 0.1) is 6.54 Å². The van der Waals surface area contributed by atoms with Gasteiger partial charge in [-0.15, -0.1) is 0 Å². The molecule has 1 aromatic carbocycles. The summed E-state index contributed by atoms with van der Waals surface area (Å²) in [5, 5.41) is 0. The van der Waals surface area contributed by atoms with Crippen LogP contribution >= 0.6 is 0 Å². The predicted molar refractivity (Wildman–Crippen MR) is 109 cm³/mol. The fraction of sp³-hybridized carbons (Fsp3) is 0.333. The molecule has 0 aliphatic carbocycles. The molecule has 1 unspecified atom stereocenters. The third-order valence-corrected chi connectivity index (χ3v) is 4.91. The minimum Gasteiger partial charge on any atom is -0.378 e. The van der Waals surface area contributed by atoms with Crippen LogP contribution in [0.5, 0.6) is 0 Å². The molecule has 1 amide bonds. The number of benzene rings is 1. The molecule has 2 aromatic heterocycles. The maximum absolute atomic E-state index is 13.8. The van der Waals surface area contributed by atoms with Crippen molar-refractivity contribution >= 4 is 17.3 Å². The Morgan fingerprint density at radius 1 is 1.17 bits per heavy atom. The van der Waals surface area contributed by atoms with Gasteiger partial charge in [0.25, 0.3) is 0 Å². The molecule has 0 saturated carbocycles. The maximum Gasteiger partial charge on any atom is 0.399 e. The quantitative estimate of drug-likeness (QED) is 0.628. The molecular formula is C21H24F3N5O. The van der Waals surface area contributed by atoms with Crippen molar-refractivity contribution in [3.63, 3.8) is 0 Å². The Morgan fingerprint density at radius 3 is 2.33 bits per heavy atom. The number of H-pyrrole nitrogens is 1. The van der Waals surface area contributed by atoms with Crippen molar-refractivity contribution < 1.29 is 18.0 Å². The Balaban J connectivity index is 1.91. The van der Waals surface area contributed by atoms with E-state index in [1.165, 1.54) is 28.9 Å². The first-order valence-electron chi connectivity index (χ1n) is 9.40. The van der Waals surface area contributed by atoms with Crippen molar-refractivity contribution in [2.45, 2.75) is 25.1 Å². The average Bonchev–Trinajstić information content (AvgIpc) is 3.35. The zero-order valence-corrected chi connectivity index (χ0v) is 17.0. The molecule has 1 N–H and O–H groups in total. The van der Waals surface area contributed by atoms with E-state index in [1.807, 2.05) is 31.1 Å². The third-order valence-electron chi connectivity index (χ3n) is 4.91. The van der Waals surface area contributed by atoms with Gasteiger partial charge in [-0.2, -0.15) is 13.2 Å². The van der Waals surface area contributed by atoms with Crippen LogP contribution in [0.1, 0.15) is 23.9 Å². The zero-order chi connectivity index (χ0) is 21.9. The van der Waals surface area contributed by atoms with Crippen molar-refractivity contribution in [3.8, 4) is 0 Å². The van der Waals surface area contributed by atoms with Crippen molar-refractivity contribution in [2.75, 3.05) is 23.9 Å². The highest BCUT2D eigenvalue weighted by atomic mass is 19.4. The number of amides is 1. The lowest BCUT2D eigenvalue weighted by atomic mass is 10.0. The Kier molecular flexibility index (Phi) is 6.19. The number of nitrogens with zero attached hydrogens (tertiary/aromatic N) is 4. The van der Waals surface area contributed by atoms with Crippen LogP contribution < -0.4 is 9.80 Å². The molecule has 30 heavy (non-hydrogen) atoms. The lowest BCUT2D eigenvalue weighted by Crippen LogP contribution is -2.35. The van der Waals surface area contributed by atoms with Crippen molar-refractivity contribution in [3.05, 3.63) is 66.5 Å². The highest BCUT2D eigenvalue weighted by Gasteiger charge is 2.45. The van der Waals surface area contributed by atoms with Gasteiger partial charge in [-0.05, 0) is 36.4 Å². The number of halogens is 3. The summed E-state index contributed by atoms with van der Waals surface area (Å²) in [4.78, 5) is 23.2. The SMILES string of the molecule is CN(C)c1ccc(N(Cc2ccc[nH]2)C(=O)CC(c2nccn2C)C(F)(F)F)cc1. The second-order valence-electron chi connectivity index (χ2n) is 7.28. The topological polar surface area (TPSA) is 57.2 Å². The summed E-state index contributed by atoms with van der Waals surface area (Å²) in [6, 6.07) is 10.7. The second kappa shape index (κ2) is 8.64. The second-order valence-corrected chi connectivity index (χ2v) is 7.28. The molecule has 6 nitrogen and oxygen atoms in total. The number of alkyl halides is 3. The number of anilines is 2. The van der Waals surface area contributed by atoms with Crippen LogP contribution in [0.25, 0.3) is 0 Å². The number of carbonyl (C=O) groups excluding carboxylic acids is 1. The highest BCUT2D eigenvalue weighted by Crippen LogP contribution is 2.37. The molecule has 0 saturated heterocycles. The van der Waals surface area contributed by atoms with E-state index in [0.717, 1.165) is 11.4 Å². The number of hydrogen-bond acceptors (Lipinski definition) is 3. The average molecular weight is 419 g/mol. The number of aryl methyl sites for hydroxylation is 1. The monoisotopic (exact) mass is 419 g/mol. The molecule has 3 aromatic rings. The molecule has 9 heteroatoms. The lowest BCUT2D eigenvalue weighted by Gasteiger charge is -2.26. The van der Waals surface area contributed by atoms with Crippen LogP contribution in [-0.4, -0.2) is 40.7 Å². The van der Waals surface area contributed by atoms with Crippen LogP contribution in [0.4, 0.5) is 24.5 Å². The number of aromatic nitrogens is 3. The van der Waals surface area contributed by atoms with Gasteiger partial charge in [0.15, 0.2) is 0 Å². The Morgan fingerprint density at radius 2 is 1.83 bits per heavy atom. The van der Waals surface area contributed by atoms with Crippen molar-refractivity contribution in [1.82, 2.24) is 14.5 Å². The van der Waals surface area contributed by atoms with Crippen LogP contribution in [0.15, 0.2) is 55.0 Å². The first-order chi connectivity index (χ1) is 14.2. The fourth-order valence-corrected chi connectivity index (χ4v) is 3.24. The summed E-state index contributed by atoms with van der Waals surface area (Å²) < 4.78 is 42.6. The molecule has 1 atom stereocenters. The van der Waals surface area contributed by atoms with E-state index < -0.39 is 24.4 Å². The number of hydrogen-bond donors (Lipinski definition) is 1. The van der Waals surface area contributed by atoms with Gasteiger partial charge >= 0.3 is 6.18 Å². The molecule has 160 valence electrons. The van der Waals surface area contributed by atoms with Crippen molar-refractivity contribution in [1.29, 1.82) is 0 Å². The first kappa shape index (κ1) is 21.5. The number of rotatable bonds is 7. The van der Waals surface area contributed by atoms with Gasteiger partial charge in [-0.1, -0.05) is 0 Å². The number of nitrogens with one attached hydrogen (secondary N) is 1. The van der Waals surface area contributed by atoms with E-state index in [2.05, 4.69) is 9.97 Å². The Bertz CT molecular complexity index is 961. The van der Waals surface area contributed by atoms with Gasteiger partial charge < -0.3 is 19.4 Å². The van der Waals surface area contributed by atoms with E-state index >= 15 is 0 Å². The largest absolute Gasteiger partial charge is 0.399 e. The Hall–Kier alpha value is -3.23. The van der Waals surface area contributed by atoms with Gasteiger partial charge in [-0.25, -0.2) is 4.98 Å². The molecule has 0 aliphatic heterocycles. The van der Waals surface area contributed by atoms with Crippen LogP contribution in [0.3, 0.4) is 0 Å². The van der Waals surface area contributed by atoms with Gasteiger partial charge in [0, 0.05) is 63.2 Å². The number of carbonyl (C=O) groups is 1. The molecule has 2 heterocycles. The fourth-order valence-electron chi connectivity index (χ4n) is 3.24. The minimum absolute atomic E-state index is 0.137. The van der Waals surface area contributed by atoms with Crippen LogP contribution in [0.2, 0.25) is 0 Å². The molecule has 0 aliphatic rings. The summed E-state index contributed by atoms with van der Waals surface area (Å²) in [6.45, 7) is 0.137. The summed E-state index contributed by atoms with van der Waals surface area (Å²) in [6.07, 6.45) is -0.879. The smallest absolute Gasteiger partial charge is 0.378 e. The lowest BCUT2D eigenvalue weighted by molar-refractivity contribution is -0.158. The summed E-state index contributed by atoms with van der Waals surface area (Å²) >= 11 is 0. The van der Waals surface area contributed by atoms with E-state index in [1.54, 1.807) is 30.5 Å². The molecule has 0 radical (unpaired) electrons. The van der Waals surface area contributed by atoms with E-state index in [0.29, 0.717) is 5.69 Å². The standard InChI is InChI=1S/C21H24F3N5O/c1-27(2)16-6-8-17(9-7-16)29(14-15-5-4-10-25-15)19(30)13-18(21(22,23)24)20-26-11-12-28(20)3/h4-12,18,25H,13-14H2,1-3H3. The number of aromatic amines is 1. The first-order valence-corrected chi connectivity index (χ1v) is 9.40.